The van der Waals surface area contributed by atoms with E-state index in [2.05, 4.69) is 30.9 Å². The van der Waals surface area contributed by atoms with Crippen LogP contribution in [0, 0.1) is 5.92 Å². The highest BCUT2D eigenvalue weighted by Crippen LogP contribution is 2.34. The van der Waals surface area contributed by atoms with Crippen molar-refractivity contribution in [1.29, 1.82) is 0 Å². The zero-order chi connectivity index (χ0) is 14.0. The van der Waals surface area contributed by atoms with Gasteiger partial charge in [0.2, 0.25) is 0 Å². The van der Waals surface area contributed by atoms with Crippen molar-refractivity contribution in [1.82, 2.24) is 9.78 Å². The Kier molecular flexibility index (Phi) is 4.38. The molecule has 0 aromatic carbocycles. The molecular formula is C15H28N4. The summed E-state index contributed by atoms with van der Waals surface area (Å²) in [6.45, 7) is 4.53. The number of hydrogen-bond donors (Lipinski definition) is 1. The summed E-state index contributed by atoms with van der Waals surface area (Å²) in [6, 6.07) is 0.598. The van der Waals surface area contributed by atoms with Gasteiger partial charge in [0.1, 0.15) is 5.82 Å². The Bertz CT molecular complexity index is 424. The van der Waals surface area contributed by atoms with Gasteiger partial charge in [-0.05, 0) is 25.2 Å². The normalized spacial score (nSPS) is 23.6. The molecule has 0 spiro atoms. The van der Waals surface area contributed by atoms with E-state index in [1.807, 2.05) is 11.7 Å². The lowest BCUT2D eigenvalue weighted by Gasteiger charge is -2.37. The number of anilines is 2. The second-order valence-electron chi connectivity index (χ2n) is 6.00. The highest BCUT2D eigenvalue weighted by Gasteiger charge is 2.28. The Morgan fingerprint density at radius 1 is 1.37 bits per heavy atom. The van der Waals surface area contributed by atoms with Crippen molar-refractivity contribution in [3.63, 3.8) is 0 Å². The predicted octanol–water partition coefficient (Wildman–Crippen LogP) is 2.97. The van der Waals surface area contributed by atoms with Gasteiger partial charge in [0.05, 0.1) is 11.4 Å². The SMILES string of the molecule is CCCc1nn(C)c(N(C)C2CCCCC2C)c1N. The highest BCUT2D eigenvalue weighted by atomic mass is 15.4. The van der Waals surface area contributed by atoms with E-state index in [0.29, 0.717) is 6.04 Å². The molecule has 4 nitrogen and oxygen atoms in total. The fourth-order valence-corrected chi connectivity index (χ4v) is 3.45. The van der Waals surface area contributed by atoms with Gasteiger partial charge in [-0.3, -0.25) is 4.68 Å². The number of nitrogens with two attached hydrogens (primary N) is 1. The van der Waals surface area contributed by atoms with Gasteiger partial charge in [0.15, 0.2) is 0 Å². The van der Waals surface area contributed by atoms with Gasteiger partial charge in [0.25, 0.3) is 0 Å². The molecule has 0 bridgehead atoms. The van der Waals surface area contributed by atoms with E-state index in [9.17, 15) is 0 Å². The molecule has 1 heterocycles. The van der Waals surface area contributed by atoms with Gasteiger partial charge in [0, 0.05) is 20.1 Å². The quantitative estimate of drug-likeness (QED) is 0.909. The third kappa shape index (κ3) is 2.72. The molecule has 1 saturated carbocycles. The molecule has 0 amide bonds. The van der Waals surface area contributed by atoms with E-state index >= 15 is 0 Å². The van der Waals surface area contributed by atoms with E-state index in [4.69, 9.17) is 5.73 Å². The van der Waals surface area contributed by atoms with Crippen LogP contribution in [0.15, 0.2) is 0 Å². The summed E-state index contributed by atoms with van der Waals surface area (Å²) >= 11 is 0. The molecule has 0 saturated heterocycles. The third-order valence-electron chi connectivity index (χ3n) is 4.51. The number of aryl methyl sites for hydroxylation is 2. The van der Waals surface area contributed by atoms with E-state index in [-0.39, 0.29) is 0 Å². The Labute approximate surface area is 117 Å². The molecule has 2 rings (SSSR count). The van der Waals surface area contributed by atoms with Crippen molar-refractivity contribution in [2.45, 2.75) is 58.4 Å². The molecule has 2 N–H and O–H groups in total. The molecule has 2 atom stereocenters. The van der Waals surface area contributed by atoms with Crippen LogP contribution in [-0.4, -0.2) is 22.9 Å². The lowest BCUT2D eigenvalue weighted by atomic mass is 9.85. The minimum absolute atomic E-state index is 0.598. The first-order valence-electron chi connectivity index (χ1n) is 7.60. The summed E-state index contributed by atoms with van der Waals surface area (Å²) < 4.78 is 1.96. The summed E-state index contributed by atoms with van der Waals surface area (Å²) in [5.74, 6) is 1.84. The second kappa shape index (κ2) is 5.85. The maximum Gasteiger partial charge on any atom is 0.150 e. The average molecular weight is 264 g/mol. The van der Waals surface area contributed by atoms with Gasteiger partial charge >= 0.3 is 0 Å². The van der Waals surface area contributed by atoms with Crippen molar-refractivity contribution in [3.8, 4) is 0 Å². The van der Waals surface area contributed by atoms with Crippen molar-refractivity contribution in [2.75, 3.05) is 17.7 Å². The molecule has 4 heteroatoms. The van der Waals surface area contributed by atoms with E-state index in [0.717, 1.165) is 36.0 Å². The van der Waals surface area contributed by atoms with Crippen molar-refractivity contribution in [3.05, 3.63) is 5.69 Å². The molecule has 1 aromatic rings. The number of hydrogen-bond acceptors (Lipinski definition) is 3. The number of nitrogens with zero attached hydrogens (tertiary/aromatic N) is 3. The lowest BCUT2D eigenvalue weighted by Crippen LogP contribution is -2.40. The second-order valence-corrected chi connectivity index (χ2v) is 6.00. The number of rotatable bonds is 4. The lowest BCUT2D eigenvalue weighted by molar-refractivity contribution is 0.319. The smallest absolute Gasteiger partial charge is 0.150 e. The van der Waals surface area contributed by atoms with E-state index < -0.39 is 0 Å². The number of nitrogen functional groups attached to an aromatic ring is 1. The van der Waals surface area contributed by atoms with Gasteiger partial charge in [-0.2, -0.15) is 5.10 Å². The Morgan fingerprint density at radius 3 is 2.68 bits per heavy atom. The third-order valence-corrected chi connectivity index (χ3v) is 4.51. The summed E-state index contributed by atoms with van der Waals surface area (Å²) in [5.41, 5.74) is 8.25. The van der Waals surface area contributed by atoms with Crippen molar-refractivity contribution < 1.29 is 0 Å². The zero-order valence-electron chi connectivity index (χ0n) is 12.8. The van der Waals surface area contributed by atoms with Crippen LogP contribution in [0.25, 0.3) is 0 Å². The zero-order valence-corrected chi connectivity index (χ0v) is 12.8. The maximum absolute atomic E-state index is 6.32. The molecule has 2 unspecified atom stereocenters. The van der Waals surface area contributed by atoms with Gasteiger partial charge < -0.3 is 10.6 Å². The van der Waals surface area contributed by atoms with Crippen LogP contribution in [0.4, 0.5) is 11.5 Å². The van der Waals surface area contributed by atoms with Gasteiger partial charge in [-0.25, -0.2) is 0 Å². The monoisotopic (exact) mass is 264 g/mol. The van der Waals surface area contributed by atoms with Crippen molar-refractivity contribution in [2.24, 2.45) is 13.0 Å². The highest BCUT2D eigenvalue weighted by molar-refractivity contribution is 5.66. The largest absolute Gasteiger partial charge is 0.394 e. The number of aromatic nitrogens is 2. The summed E-state index contributed by atoms with van der Waals surface area (Å²) in [4.78, 5) is 2.37. The van der Waals surface area contributed by atoms with Crippen LogP contribution < -0.4 is 10.6 Å². The first-order chi connectivity index (χ1) is 9.06. The van der Waals surface area contributed by atoms with E-state index in [1.54, 1.807) is 0 Å². The minimum Gasteiger partial charge on any atom is -0.394 e. The topological polar surface area (TPSA) is 47.1 Å². The maximum atomic E-state index is 6.32. The first kappa shape index (κ1) is 14.2. The summed E-state index contributed by atoms with van der Waals surface area (Å²) in [6.07, 6.45) is 7.35. The van der Waals surface area contributed by atoms with Crippen LogP contribution in [0.3, 0.4) is 0 Å². The van der Waals surface area contributed by atoms with Crippen LogP contribution in [0.5, 0.6) is 0 Å². The Balaban J connectivity index is 2.25. The molecular weight excluding hydrogens is 236 g/mol. The van der Waals surface area contributed by atoms with Crippen LogP contribution >= 0.6 is 0 Å². The van der Waals surface area contributed by atoms with Gasteiger partial charge in [-0.1, -0.05) is 33.1 Å². The van der Waals surface area contributed by atoms with Crippen molar-refractivity contribution >= 4 is 11.5 Å². The minimum atomic E-state index is 0.598. The molecule has 19 heavy (non-hydrogen) atoms. The predicted molar refractivity (Wildman–Crippen MR) is 81.4 cm³/mol. The standard InChI is InChI=1S/C15H28N4/c1-5-8-12-14(16)15(19(4)17-12)18(3)13-10-7-6-9-11(13)2/h11,13H,5-10,16H2,1-4H3. The van der Waals surface area contributed by atoms with E-state index in [1.165, 1.54) is 25.7 Å². The fraction of sp³-hybridized carbons (Fsp3) is 0.800. The first-order valence-corrected chi connectivity index (χ1v) is 7.60. The molecule has 1 aliphatic rings. The Morgan fingerprint density at radius 2 is 2.05 bits per heavy atom. The Hall–Kier alpha value is -1.19. The molecule has 1 fully saturated rings. The van der Waals surface area contributed by atoms with Gasteiger partial charge in [-0.15, -0.1) is 0 Å². The van der Waals surface area contributed by atoms with Crippen LogP contribution in [-0.2, 0) is 13.5 Å². The fourth-order valence-electron chi connectivity index (χ4n) is 3.45. The molecule has 1 aliphatic carbocycles. The average Bonchev–Trinajstić information content (AvgIpc) is 2.65. The summed E-state index contributed by atoms with van der Waals surface area (Å²) in [7, 11) is 4.18. The molecule has 0 aliphatic heterocycles. The molecule has 0 radical (unpaired) electrons. The van der Waals surface area contributed by atoms with Crippen LogP contribution in [0.1, 0.15) is 51.6 Å². The van der Waals surface area contributed by atoms with Crippen LogP contribution in [0.2, 0.25) is 0 Å². The summed E-state index contributed by atoms with van der Waals surface area (Å²) in [5, 5.41) is 4.59. The molecule has 1 aromatic heterocycles. The molecule has 108 valence electrons.